The Morgan fingerprint density at radius 1 is 1.11 bits per heavy atom. The molecule has 0 radical (unpaired) electrons. The van der Waals surface area contributed by atoms with Crippen molar-refractivity contribution in [2.45, 2.75) is 6.54 Å². The van der Waals surface area contributed by atoms with Crippen LogP contribution in [0.5, 0.6) is 0 Å². The van der Waals surface area contributed by atoms with Gasteiger partial charge in [-0.3, -0.25) is 4.98 Å². The zero-order valence-electron chi connectivity index (χ0n) is 9.78. The summed E-state index contributed by atoms with van der Waals surface area (Å²) < 4.78 is 0. The van der Waals surface area contributed by atoms with Gasteiger partial charge in [-0.2, -0.15) is 0 Å². The van der Waals surface area contributed by atoms with Gasteiger partial charge in [0.1, 0.15) is 0 Å². The molecule has 0 aliphatic carbocycles. The minimum Gasteiger partial charge on any atom is -0.370 e. The Morgan fingerprint density at radius 3 is 2.61 bits per heavy atom. The lowest BCUT2D eigenvalue weighted by Crippen LogP contribution is -2.22. The highest BCUT2D eigenvalue weighted by Gasteiger charge is 1.99. The molecule has 0 aliphatic rings. The van der Waals surface area contributed by atoms with Crippen molar-refractivity contribution in [3.05, 3.63) is 54.2 Å². The van der Waals surface area contributed by atoms with Crippen molar-refractivity contribution in [1.82, 2.24) is 4.98 Å². The minimum atomic E-state index is 0. The van der Waals surface area contributed by atoms with Gasteiger partial charge in [-0.05, 0) is 23.8 Å². The summed E-state index contributed by atoms with van der Waals surface area (Å²) in [7, 11) is 0. The Hall–Kier alpha value is -1.63. The normalized spacial score (nSPS) is 9.33. The second-order valence-corrected chi connectivity index (χ2v) is 3.66. The van der Waals surface area contributed by atoms with Gasteiger partial charge in [-0.25, -0.2) is 4.99 Å². The summed E-state index contributed by atoms with van der Waals surface area (Å²) in [5.74, 6) is 0.105. The molecule has 0 saturated carbocycles. The van der Waals surface area contributed by atoms with Crippen LogP contribution in [0.3, 0.4) is 0 Å². The van der Waals surface area contributed by atoms with E-state index in [1.165, 1.54) is 0 Å². The first kappa shape index (κ1) is 14.4. The monoisotopic (exact) mass is 354 g/mol. The smallest absolute Gasteiger partial charge is 0.186 e. The van der Waals surface area contributed by atoms with Crippen LogP contribution >= 0.6 is 24.0 Å². The van der Waals surface area contributed by atoms with Crippen LogP contribution in [0.1, 0.15) is 5.56 Å². The molecule has 18 heavy (non-hydrogen) atoms. The van der Waals surface area contributed by atoms with Crippen LogP contribution in [0.25, 0.3) is 11.3 Å². The van der Waals surface area contributed by atoms with Crippen molar-refractivity contribution in [3.8, 4) is 11.3 Å². The molecule has 4 N–H and O–H groups in total. The Balaban J connectivity index is 0.00000162. The molecule has 0 fully saturated rings. The summed E-state index contributed by atoms with van der Waals surface area (Å²) in [5, 5.41) is 0. The average Bonchev–Trinajstić information content (AvgIpc) is 2.38. The van der Waals surface area contributed by atoms with Crippen LogP contribution in [0, 0.1) is 0 Å². The third-order valence-corrected chi connectivity index (χ3v) is 2.33. The molecule has 0 bridgehead atoms. The molecule has 2 aromatic rings. The molecule has 4 nitrogen and oxygen atoms in total. The number of nitrogens with zero attached hydrogens (tertiary/aromatic N) is 2. The zero-order valence-corrected chi connectivity index (χ0v) is 12.1. The largest absolute Gasteiger partial charge is 0.370 e. The average molecular weight is 354 g/mol. The number of hydrogen-bond acceptors (Lipinski definition) is 2. The van der Waals surface area contributed by atoms with Crippen molar-refractivity contribution >= 4 is 29.9 Å². The van der Waals surface area contributed by atoms with Crippen LogP contribution in [-0.2, 0) is 6.54 Å². The number of hydrogen-bond donors (Lipinski definition) is 2. The SMILES string of the molecule is I.NC(N)=NCc1cccc(-c2ccccn2)c1. The first-order chi connectivity index (χ1) is 8.25. The van der Waals surface area contributed by atoms with Crippen LogP contribution in [0.4, 0.5) is 0 Å². The molecule has 1 heterocycles. The molecule has 0 spiro atoms. The summed E-state index contributed by atoms with van der Waals surface area (Å²) >= 11 is 0. The van der Waals surface area contributed by atoms with Crippen molar-refractivity contribution in [1.29, 1.82) is 0 Å². The van der Waals surface area contributed by atoms with E-state index >= 15 is 0 Å². The summed E-state index contributed by atoms with van der Waals surface area (Å²) in [6, 6.07) is 13.8. The molecule has 0 amide bonds. The molecule has 94 valence electrons. The van der Waals surface area contributed by atoms with E-state index in [9.17, 15) is 0 Å². The number of aromatic nitrogens is 1. The van der Waals surface area contributed by atoms with Gasteiger partial charge >= 0.3 is 0 Å². The number of pyridine rings is 1. The molecular weight excluding hydrogens is 339 g/mol. The van der Waals surface area contributed by atoms with Gasteiger partial charge in [-0.15, -0.1) is 24.0 Å². The predicted molar refractivity (Wildman–Crippen MR) is 84.6 cm³/mol. The van der Waals surface area contributed by atoms with E-state index in [0.29, 0.717) is 6.54 Å². The fraction of sp³-hybridized carbons (Fsp3) is 0.0769. The van der Waals surface area contributed by atoms with Gasteiger partial charge in [0.25, 0.3) is 0 Å². The van der Waals surface area contributed by atoms with Crippen LogP contribution in [0.2, 0.25) is 0 Å². The second-order valence-electron chi connectivity index (χ2n) is 3.66. The van der Waals surface area contributed by atoms with E-state index in [4.69, 9.17) is 11.5 Å². The quantitative estimate of drug-likeness (QED) is 0.504. The highest BCUT2D eigenvalue weighted by atomic mass is 127. The van der Waals surface area contributed by atoms with Gasteiger partial charge < -0.3 is 11.5 Å². The minimum absolute atomic E-state index is 0. The Kier molecular flexibility index (Phi) is 5.57. The van der Waals surface area contributed by atoms with Gasteiger partial charge in [0.2, 0.25) is 0 Å². The van der Waals surface area contributed by atoms with E-state index in [1.807, 2.05) is 42.5 Å². The van der Waals surface area contributed by atoms with E-state index in [-0.39, 0.29) is 29.9 Å². The molecule has 1 aromatic heterocycles. The van der Waals surface area contributed by atoms with Crippen molar-refractivity contribution < 1.29 is 0 Å². The summed E-state index contributed by atoms with van der Waals surface area (Å²) in [6.07, 6.45) is 1.78. The second kappa shape index (κ2) is 6.95. The molecule has 1 aromatic carbocycles. The topological polar surface area (TPSA) is 77.3 Å². The van der Waals surface area contributed by atoms with Crippen molar-refractivity contribution in [2.24, 2.45) is 16.5 Å². The number of nitrogens with two attached hydrogens (primary N) is 2. The molecular formula is C13H15IN4. The Morgan fingerprint density at radius 2 is 1.94 bits per heavy atom. The van der Waals surface area contributed by atoms with Gasteiger partial charge in [0.05, 0.1) is 12.2 Å². The molecule has 2 rings (SSSR count). The lowest BCUT2D eigenvalue weighted by atomic mass is 10.1. The predicted octanol–water partition coefficient (Wildman–Crippen LogP) is 2.14. The van der Waals surface area contributed by atoms with Gasteiger partial charge in [0, 0.05) is 11.8 Å². The number of benzene rings is 1. The number of guanidine groups is 1. The molecule has 0 unspecified atom stereocenters. The fourth-order valence-electron chi connectivity index (χ4n) is 1.55. The van der Waals surface area contributed by atoms with E-state index in [2.05, 4.69) is 9.98 Å². The maximum Gasteiger partial charge on any atom is 0.186 e. The van der Waals surface area contributed by atoms with Gasteiger partial charge in [0.15, 0.2) is 5.96 Å². The standard InChI is InChI=1S/C13H14N4.HI/c14-13(15)17-9-10-4-3-5-11(8-10)12-6-1-2-7-16-12;/h1-8H,9H2,(H4,14,15,17);1H. The molecule has 0 atom stereocenters. The Bertz CT molecular complexity index is 522. The highest BCUT2D eigenvalue weighted by Crippen LogP contribution is 2.17. The number of aliphatic imine (C=N–C) groups is 1. The third-order valence-electron chi connectivity index (χ3n) is 2.33. The van der Waals surface area contributed by atoms with Crippen molar-refractivity contribution in [3.63, 3.8) is 0 Å². The zero-order chi connectivity index (χ0) is 12.1. The van der Waals surface area contributed by atoms with E-state index in [0.717, 1.165) is 16.8 Å². The van der Waals surface area contributed by atoms with Gasteiger partial charge in [-0.1, -0.05) is 24.3 Å². The summed E-state index contributed by atoms with van der Waals surface area (Å²) in [4.78, 5) is 8.28. The maximum absolute atomic E-state index is 5.30. The van der Waals surface area contributed by atoms with Crippen LogP contribution in [-0.4, -0.2) is 10.9 Å². The maximum atomic E-state index is 5.30. The van der Waals surface area contributed by atoms with Crippen LogP contribution < -0.4 is 11.5 Å². The van der Waals surface area contributed by atoms with Crippen LogP contribution in [0.15, 0.2) is 53.7 Å². The van der Waals surface area contributed by atoms with Crippen molar-refractivity contribution in [2.75, 3.05) is 0 Å². The molecule has 5 heteroatoms. The van der Waals surface area contributed by atoms with E-state index in [1.54, 1.807) is 6.20 Å². The number of halogens is 1. The summed E-state index contributed by atoms with van der Waals surface area (Å²) in [5.41, 5.74) is 13.7. The number of rotatable bonds is 3. The fourth-order valence-corrected chi connectivity index (χ4v) is 1.55. The first-order valence-electron chi connectivity index (χ1n) is 5.31. The lowest BCUT2D eigenvalue weighted by molar-refractivity contribution is 1.05. The summed E-state index contributed by atoms with van der Waals surface area (Å²) in [6.45, 7) is 0.489. The molecule has 0 aliphatic heterocycles. The lowest BCUT2D eigenvalue weighted by Gasteiger charge is -2.03. The molecule has 0 saturated heterocycles. The third kappa shape index (κ3) is 3.99. The van der Waals surface area contributed by atoms with E-state index < -0.39 is 0 Å². The Labute approximate surface area is 123 Å². The highest BCUT2D eigenvalue weighted by molar-refractivity contribution is 14.0. The first-order valence-corrected chi connectivity index (χ1v) is 5.31.